The number of anilines is 1. The van der Waals surface area contributed by atoms with Crippen LogP contribution < -0.4 is 5.32 Å². The number of benzene rings is 1. The molecule has 0 saturated heterocycles. The van der Waals surface area contributed by atoms with E-state index in [0.717, 1.165) is 29.4 Å². The molecule has 2 aromatic rings. The Kier molecular flexibility index (Phi) is 4.50. The van der Waals surface area contributed by atoms with Crippen molar-refractivity contribution in [2.24, 2.45) is 0 Å². The van der Waals surface area contributed by atoms with E-state index < -0.39 is 5.54 Å². The molecule has 0 fully saturated rings. The van der Waals surface area contributed by atoms with E-state index >= 15 is 0 Å². The standard InChI is InChI=1S/C14H19N3OS/c1-3-7-12-15-13(19-17-12)16-14(2,10-18)11-8-5-4-6-9-11/h4-6,8-9,18H,3,7,10H2,1-2H3,(H,15,16,17). The zero-order valence-corrected chi connectivity index (χ0v) is 12.1. The highest BCUT2D eigenvalue weighted by molar-refractivity contribution is 7.09. The SMILES string of the molecule is CCCc1nsc(NC(C)(CO)c2ccccc2)n1. The molecule has 1 heterocycles. The third kappa shape index (κ3) is 3.30. The van der Waals surface area contributed by atoms with Gasteiger partial charge in [-0.05, 0) is 18.9 Å². The summed E-state index contributed by atoms with van der Waals surface area (Å²) in [6.45, 7) is 4.07. The maximum Gasteiger partial charge on any atom is 0.203 e. The van der Waals surface area contributed by atoms with Gasteiger partial charge in [-0.3, -0.25) is 0 Å². The van der Waals surface area contributed by atoms with E-state index in [9.17, 15) is 5.11 Å². The summed E-state index contributed by atoms with van der Waals surface area (Å²) in [6.07, 6.45) is 1.92. The number of aliphatic hydroxyl groups excluding tert-OH is 1. The minimum absolute atomic E-state index is 0.000293. The minimum Gasteiger partial charge on any atom is -0.394 e. The molecule has 1 aromatic carbocycles. The molecule has 0 bridgehead atoms. The Bertz CT molecular complexity index is 514. The zero-order chi connectivity index (χ0) is 13.7. The fourth-order valence-electron chi connectivity index (χ4n) is 1.87. The van der Waals surface area contributed by atoms with Crippen molar-refractivity contribution in [3.05, 3.63) is 41.7 Å². The third-order valence-electron chi connectivity index (χ3n) is 3.05. The van der Waals surface area contributed by atoms with Gasteiger partial charge in [-0.15, -0.1) is 0 Å². The molecule has 0 amide bonds. The number of aliphatic hydroxyl groups is 1. The average Bonchev–Trinajstić information content (AvgIpc) is 2.87. The van der Waals surface area contributed by atoms with Gasteiger partial charge in [-0.2, -0.15) is 4.37 Å². The average molecular weight is 277 g/mol. The fourth-order valence-corrected chi connectivity index (χ4v) is 2.62. The number of rotatable bonds is 6. The predicted octanol–water partition coefficient (Wildman–Crippen LogP) is 2.81. The Morgan fingerprint density at radius 3 is 2.68 bits per heavy atom. The van der Waals surface area contributed by atoms with Crippen LogP contribution in [0.4, 0.5) is 5.13 Å². The lowest BCUT2D eigenvalue weighted by Crippen LogP contribution is -2.35. The number of hydrogen-bond acceptors (Lipinski definition) is 5. The second-order valence-electron chi connectivity index (χ2n) is 4.75. The van der Waals surface area contributed by atoms with Crippen molar-refractivity contribution in [2.75, 3.05) is 11.9 Å². The minimum atomic E-state index is -0.537. The molecule has 19 heavy (non-hydrogen) atoms. The van der Waals surface area contributed by atoms with Crippen LogP contribution in [0.15, 0.2) is 30.3 Å². The zero-order valence-electron chi connectivity index (χ0n) is 11.3. The van der Waals surface area contributed by atoms with Crippen molar-refractivity contribution in [1.29, 1.82) is 0 Å². The van der Waals surface area contributed by atoms with E-state index in [1.807, 2.05) is 37.3 Å². The van der Waals surface area contributed by atoms with E-state index in [2.05, 4.69) is 21.6 Å². The normalized spacial score (nSPS) is 14.1. The lowest BCUT2D eigenvalue weighted by Gasteiger charge is -2.28. The maximum absolute atomic E-state index is 9.70. The van der Waals surface area contributed by atoms with Gasteiger partial charge in [0.15, 0.2) is 0 Å². The summed E-state index contributed by atoms with van der Waals surface area (Å²) in [5.74, 6) is 0.864. The van der Waals surface area contributed by atoms with Crippen LogP contribution in [0.25, 0.3) is 0 Å². The van der Waals surface area contributed by atoms with Crippen LogP contribution >= 0.6 is 11.5 Å². The summed E-state index contributed by atoms with van der Waals surface area (Å²) in [7, 11) is 0. The second kappa shape index (κ2) is 6.12. The van der Waals surface area contributed by atoms with Crippen LogP contribution in [0, 0.1) is 0 Å². The third-order valence-corrected chi connectivity index (χ3v) is 3.72. The van der Waals surface area contributed by atoms with E-state index in [4.69, 9.17) is 0 Å². The topological polar surface area (TPSA) is 58.0 Å². The van der Waals surface area contributed by atoms with Gasteiger partial charge >= 0.3 is 0 Å². The van der Waals surface area contributed by atoms with Crippen LogP contribution in [0.2, 0.25) is 0 Å². The molecule has 2 N–H and O–H groups in total. The van der Waals surface area contributed by atoms with Crippen LogP contribution in [0.3, 0.4) is 0 Å². The summed E-state index contributed by atoms with van der Waals surface area (Å²) in [5.41, 5.74) is 0.495. The van der Waals surface area contributed by atoms with E-state index in [-0.39, 0.29) is 6.61 Å². The largest absolute Gasteiger partial charge is 0.394 e. The molecule has 0 aliphatic rings. The summed E-state index contributed by atoms with van der Waals surface area (Å²) in [4.78, 5) is 4.44. The van der Waals surface area contributed by atoms with Gasteiger partial charge in [-0.1, -0.05) is 37.3 Å². The van der Waals surface area contributed by atoms with Crippen molar-refractivity contribution in [1.82, 2.24) is 9.36 Å². The first-order valence-corrected chi connectivity index (χ1v) is 7.22. The van der Waals surface area contributed by atoms with Crippen molar-refractivity contribution < 1.29 is 5.11 Å². The molecule has 0 aliphatic heterocycles. The van der Waals surface area contributed by atoms with Crippen molar-refractivity contribution >= 4 is 16.7 Å². The molecule has 102 valence electrons. The second-order valence-corrected chi connectivity index (χ2v) is 5.50. The molecule has 0 radical (unpaired) electrons. The lowest BCUT2D eigenvalue weighted by atomic mass is 9.93. The molecule has 1 unspecified atom stereocenters. The molecule has 0 aliphatic carbocycles. The highest BCUT2D eigenvalue weighted by Crippen LogP contribution is 2.26. The van der Waals surface area contributed by atoms with Gasteiger partial charge in [-0.25, -0.2) is 4.98 Å². The molecule has 1 aromatic heterocycles. The number of nitrogens with zero attached hydrogens (tertiary/aromatic N) is 2. The highest BCUT2D eigenvalue weighted by Gasteiger charge is 2.26. The highest BCUT2D eigenvalue weighted by atomic mass is 32.1. The number of nitrogens with one attached hydrogen (secondary N) is 1. The Labute approximate surface area is 117 Å². The number of hydrogen-bond donors (Lipinski definition) is 2. The summed E-state index contributed by atoms with van der Waals surface area (Å²) in [6, 6.07) is 9.89. The Hall–Kier alpha value is -1.46. The van der Waals surface area contributed by atoms with Crippen LogP contribution in [0.1, 0.15) is 31.7 Å². The first-order chi connectivity index (χ1) is 9.18. The Morgan fingerprint density at radius 1 is 1.32 bits per heavy atom. The van der Waals surface area contributed by atoms with Gasteiger partial charge < -0.3 is 10.4 Å². The number of aryl methyl sites for hydroxylation is 1. The van der Waals surface area contributed by atoms with Gasteiger partial charge in [0, 0.05) is 18.0 Å². The van der Waals surface area contributed by atoms with Gasteiger partial charge in [0.05, 0.1) is 12.1 Å². The molecule has 4 nitrogen and oxygen atoms in total. The Morgan fingerprint density at radius 2 is 2.05 bits per heavy atom. The monoisotopic (exact) mass is 277 g/mol. The lowest BCUT2D eigenvalue weighted by molar-refractivity contribution is 0.224. The van der Waals surface area contributed by atoms with Crippen molar-refractivity contribution in [2.45, 2.75) is 32.2 Å². The van der Waals surface area contributed by atoms with Gasteiger partial charge in [0.1, 0.15) is 5.82 Å². The predicted molar refractivity (Wildman–Crippen MR) is 78.4 cm³/mol. The first kappa shape index (κ1) is 14.0. The molecule has 0 spiro atoms. The summed E-state index contributed by atoms with van der Waals surface area (Å²) in [5, 5.41) is 13.8. The van der Waals surface area contributed by atoms with Crippen LogP contribution in [-0.4, -0.2) is 21.1 Å². The van der Waals surface area contributed by atoms with Crippen molar-refractivity contribution in [3.63, 3.8) is 0 Å². The number of aromatic nitrogens is 2. The van der Waals surface area contributed by atoms with E-state index in [1.54, 1.807) is 0 Å². The maximum atomic E-state index is 9.70. The Balaban J connectivity index is 2.18. The van der Waals surface area contributed by atoms with Crippen LogP contribution in [0.5, 0.6) is 0 Å². The molecule has 0 saturated carbocycles. The van der Waals surface area contributed by atoms with E-state index in [0.29, 0.717) is 0 Å². The summed E-state index contributed by atoms with van der Waals surface area (Å²) < 4.78 is 4.30. The fraction of sp³-hybridized carbons (Fsp3) is 0.429. The molecule has 2 rings (SSSR count). The quantitative estimate of drug-likeness (QED) is 0.852. The van der Waals surface area contributed by atoms with Gasteiger partial charge in [0.25, 0.3) is 0 Å². The van der Waals surface area contributed by atoms with E-state index in [1.165, 1.54) is 11.5 Å². The molecular formula is C14H19N3OS. The molecular weight excluding hydrogens is 258 g/mol. The first-order valence-electron chi connectivity index (χ1n) is 6.45. The smallest absolute Gasteiger partial charge is 0.203 e. The molecule has 5 heteroatoms. The van der Waals surface area contributed by atoms with Crippen LogP contribution in [-0.2, 0) is 12.0 Å². The molecule has 1 atom stereocenters. The van der Waals surface area contributed by atoms with Crippen molar-refractivity contribution in [3.8, 4) is 0 Å². The van der Waals surface area contributed by atoms with Gasteiger partial charge in [0.2, 0.25) is 5.13 Å². The summed E-state index contributed by atoms with van der Waals surface area (Å²) >= 11 is 1.34.